The van der Waals surface area contributed by atoms with Crippen molar-refractivity contribution in [3.63, 3.8) is 0 Å². The lowest BCUT2D eigenvalue weighted by atomic mass is 10.1. The Labute approximate surface area is 76.5 Å². The molecule has 1 aromatic carbocycles. The molecule has 13 heavy (non-hydrogen) atoms. The highest BCUT2D eigenvalue weighted by Crippen LogP contribution is 2.13. The van der Waals surface area contributed by atoms with E-state index in [0.29, 0.717) is 5.69 Å². The molecule has 68 valence electrons. The number of carbonyl (C=O) groups is 1. The van der Waals surface area contributed by atoms with E-state index < -0.39 is 5.97 Å². The van der Waals surface area contributed by atoms with Crippen LogP contribution in [0.5, 0.6) is 0 Å². The van der Waals surface area contributed by atoms with Crippen LogP contribution >= 0.6 is 0 Å². The highest BCUT2D eigenvalue weighted by atomic mass is 16.4. The zero-order valence-corrected chi connectivity index (χ0v) is 7.32. The predicted molar refractivity (Wildman–Crippen MR) is 52.3 cm³/mol. The van der Waals surface area contributed by atoms with E-state index in [4.69, 9.17) is 10.8 Å². The first-order chi connectivity index (χ1) is 6.09. The molecule has 0 unspecified atom stereocenters. The summed E-state index contributed by atoms with van der Waals surface area (Å²) >= 11 is 0. The molecule has 0 bridgehead atoms. The Kier molecular flexibility index (Phi) is 2.69. The standard InChI is InChI=1S/C10H11NO2/c1-7-6-9(11)4-2-8(7)3-5-10(12)13/h2-6H,11H2,1H3,(H,12,13)/b5-3+. The van der Waals surface area contributed by atoms with Gasteiger partial charge < -0.3 is 10.8 Å². The van der Waals surface area contributed by atoms with Crippen molar-refractivity contribution in [2.45, 2.75) is 6.92 Å². The summed E-state index contributed by atoms with van der Waals surface area (Å²) in [4.78, 5) is 10.2. The Bertz CT molecular complexity index is 356. The third-order valence-electron chi connectivity index (χ3n) is 1.70. The molecule has 0 fully saturated rings. The number of nitrogen functional groups attached to an aromatic ring is 1. The first-order valence-corrected chi connectivity index (χ1v) is 3.87. The van der Waals surface area contributed by atoms with E-state index in [1.165, 1.54) is 0 Å². The molecule has 0 aliphatic rings. The first kappa shape index (κ1) is 9.32. The molecule has 3 heteroatoms. The number of anilines is 1. The fourth-order valence-electron chi connectivity index (χ4n) is 1.05. The van der Waals surface area contributed by atoms with Gasteiger partial charge in [0, 0.05) is 11.8 Å². The van der Waals surface area contributed by atoms with Gasteiger partial charge in [0.1, 0.15) is 0 Å². The Hall–Kier alpha value is -1.77. The van der Waals surface area contributed by atoms with E-state index >= 15 is 0 Å². The average Bonchev–Trinajstić information content (AvgIpc) is 2.02. The van der Waals surface area contributed by atoms with Crippen molar-refractivity contribution in [1.82, 2.24) is 0 Å². The molecule has 0 aromatic heterocycles. The summed E-state index contributed by atoms with van der Waals surface area (Å²) in [6, 6.07) is 5.35. The van der Waals surface area contributed by atoms with Gasteiger partial charge in [0.05, 0.1) is 0 Å². The Morgan fingerprint density at radius 1 is 1.54 bits per heavy atom. The summed E-state index contributed by atoms with van der Waals surface area (Å²) in [6.07, 6.45) is 2.66. The van der Waals surface area contributed by atoms with E-state index in [-0.39, 0.29) is 0 Å². The fraction of sp³-hybridized carbons (Fsp3) is 0.100. The number of hydrogen-bond acceptors (Lipinski definition) is 2. The van der Waals surface area contributed by atoms with E-state index in [9.17, 15) is 4.79 Å². The maximum Gasteiger partial charge on any atom is 0.328 e. The molecule has 1 rings (SSSR count). The largest absolute Gasteiger partial charge is 0.478 e. The molecule has 1 aromatic rings. The van der Waals surface area contributed by atoms with Gasteiger partial charge in [-0.3, -0.25) is 0 Å². The molecule has 0 radical (unpaired) electrons. The highest BCUT2D eigenvalue weighted by Gasteiger charge is 1.95. The van der Waals surface area contributed by atoms with Crippen molar-refractivity contribution in [3.05, 3.63) is 35.4 Å². The molecule has 0 amide bonds. The Morgan fingerprint density at radius 3 is 2.77 bits per heavy atom. The molecule has 0 aliphatic heterocycles. The number of aliphatic carboxylic acids is 1. The predicted octanol–water partition coefficient (Wildman–Crippen LogP) is 1.68. The van der Waals surface area contributed by atoms with Crippen LogP contribution < -0.4 is 5.73 Å². The normalized spacial score (nSPS) is 10.5. The lowest BCUT2D eigenvalue weighted by molar-refractivity contribution is -0.131. The number of rotatable bonds is 2. The zero-order valence-electron chi connectivity index (χ0n) is 7.32. The molecule has 0 heterocycles. The smallest absolute Gasteiger partial charge is 0.328 e. The molecule has 0 spiro atoms. The number of aryl methyl sites for hydroxylation is 1. The van der Waals surface area contributed by atoms with Crippen LogP contribution in [0.25, 0.3) is 6.08 Å². The molecular weight excluding hydrogens is 166 g/mol. The second-order valence-electron chi connectivity index (χ2n) is 2.79. The summed E-state index contributed by atoms with van der Waals surface area (Å²) in [6.45, 7) is 1.89. The van der Waals surface area contributed by atoms with Crippen LogP contribution in [0.15, 0.2) is 24.3 Å². The number of carboxylic acids is 1. The summed E-state index contributed by atoms with van der Waals surface area (Å²) in [5.74, 6) is -0.948. The SMILES string of the molecule is Cc1cc(N)ccc1/C=C/C(=O)O. The van der Waals surface area contributed by atoms with Gasteiger partial charge in [-0.2, -0.15) is 0 Å². The van der Waals surface area contributed by atoms with Crippen molar-refractivity contribution in [3.8, 4) is 0 Å². The molecule has 0 atom stereocenters. The molecular formula is C10H11NO2. The summed E-state index contributed by atoms with van der Waals surface area (Å²) in [7, 11) is 0. The van der Waals surface area contributed by atoms with Crippen LogP contribution in [0.3, 0.4) is 0 Å². The summed E-state index contributed by atoms with van der Waals surface area (Å²) < 4.78 is 0. The van der Waals surface area contributed by atoms with Gasteiger partial charge in [-0.1, -0.05) is 6.07 Å². The van der Waals surface area contributed by atoms with E-state index in [1.54, 1.807) is 18.2 Å². The fourth-order valence-corrected chi connectivity index (χ4v) is 1.05. The van der Waals surface area contributed by atoms with E-state index in [0.717, 1.165) is 17.2 Å². The van der Waals surface area contributed by atoms with Gasteiger partial charge in [0.2, 0.25) is 0 Å². The molecule has 0 saturated carbocycles. The monoisotopic (exact) mass is 177 g/mol. The van der Waals surface area contributed by atoms with Crippen LogP contribution in [0.1, 0.15) is 11.1 Å². The highest BCUT2D eigenvalue weighted by molar-refractivity contribution is 5.85. The summed E-state index contributed by atoms with van der Waals surface area (Å²) in [5.41, 5.74) is 8.07. The van der Waals surface area contributed by atoms with Crippen molar-refractivity contribution >= 4 is 17.7 Å². The van der Waals surface area contributed by atoms with Crippen LogP contribution in [-0.2, 0) is 4.79 Å². The second-order valence-corrected chi connectivity index (χ2v) is 2.79. The molecule has 0 aliphatic carbocycles. The Morgan fingerprint density at radius 2 is 2.23 bits per heavy atom. The van der Waals surface area contributed by atoms with Crippen LogP contribution in [0, 0.1) is 6.92 Å². The average molecular weight is 177 g/mol. The molecule has 3 N–H and O–H groups in total. The zero-order chi connectivity index (χ0) is 9.84. The third kappa shape index (κ3) is 2.63. The van der Waals surface area contributed by atoms with E-state index in [2.05, 4.69) is 0 Å². The molecule has 3 nitrogen and oxygen atoms in total. The maximum absolute atomic E-state index is 10.2. The summed E-state index contributed by atoms with van der Waals surface area (Å²) in [5, 5.41) is 8.41. The lowest BCUT2D eigenvalue weighted by Crippen LogP contribution is -1.89. The van der Waals surface area contributed by atoms with Gasteiger partial charge in [0.25, 0.3) is 0 Å². The van der Waals surface area contributed by atoms with Crippen LogP contribution in [-0.4, -0.2) is 11.1 Å². The lowest BCUT2D eigenvalue weighted by Gasteiger charge is -2.00. The van der Waals surface area contributed by atoms with E-state index in [1.807, 2.05) is 13.0 Å². The van der Waals surface area contributed by atoms with Crippen LogP contribution in [0.4, 0.5) is 5.69 Å². The van der Waals surface area contributed by atoms with Crippen molar-refractivity contribution in [2.24, 2.45) is 0 Å². The van der Waals surface area contributed by atoms with Gasteiger partial charge in [-0.15, -0.1) is 0 Å². The quantitative estimate of drug-likeness (QED) is 0.533. The molecule has 0 saturated heterocycles. The minimum atomic E-state index is -0.948. The Balaban J connectivity index is 2.96. The van der Waals surface area contributed by atoms with Crippen molar-refractivity contribution in [2.75, 3.05) is 5.73 Å². The van der Waals surface area contributed by atoms with Gasteiger partial charge in [-0.05, 0) is 36.3 Å². The van der Waals surface area contributed by atoms with Crippen LogP contribution in [0.2, 0.25) is 0 Å². The second kappa shape index (κ2) is 3.76. The van der Waals surface area contributed by atoms with Crippen molar-refractivity contribution < 1.29 is 9.90 Å². The maximum atomic E-state index is 10.2. The van der Waals surface area contributed by atoms with Gasteiger partial charge in [0.15, 0.2) is 0 Å². The van der Waals surface area contributed by atoms with Crippen molar-refractivity contribution in [1.29, 1.82) is 0 Å². The van der Waals surface area contributed by atoms with Gasteiger partial charge >= 0.3 is 5.97 Å². The number of hydrogen-bond donors (Lipinski definition) is 2. The minimum absolute atomic E-state index is 0.685. The number of carboxylic acid groups (broad SMARTS) is 1. The number of nitrogens with two attached hydrogens (primary N) is 1. The van der Waals surface area contributed by atoms with Gasteiger partial charge in [-0.25, -0.2) is 4.79 Å². The topological polar surface area (TPSA) is 63.3 Å². The first-order valence-electron chi connectivity index (χ1n) is 3.87. The number of benzene rings is 1. The minimum Gasteiger partial charge on any atom is -0.478 e. The third-order valence-corrected chi connectivity index (χ3v) is 1.70.